The van der Waals surface area contributed by atoms with Gasteiger partial charge < -0.3 is 9.80 Å². The largest absolute Gasteiger partial charge is 0.343 e. The first kappa shape index (κ1) is 19.3. The summed E-state index contributed by atoms with van der Waals surface area (Å²) in [6, 6.07) is 13.2. The third-order valence-electron chi connectivity index (χ3n) is 5.72. The fraction of sp³-hybridized carbons (Fsp3) is 0.391. The first-order valence-electron chi connectivity index (χ1n) is 10.3. The molecule has 2 aromatic carbocycles. The van der Waals surface area contributed by atoms with Gasteiger partial charge in [-0.25, -0.2) is 9.97 Å². The average Bonchev–Trinajstić information content (AvgIpc) is 2.77. The molecule has 1 aliphatic rings. The van der Waals surface area contributed by atoms with E-state index in [1.807, 2.05) is 66.1 Å². The lowest BCUT2D eigenvalue weighted by Gasteiger charge is -2.34. The Bertz CT molecular complexity index is 1060. The molecule has 1 fully saturated rings. The summed E-state index contributed by atoms with van der Waals surface area (Å²) in [6.45, 7) is 6.56. The second-order valence-electron chi connectivity index (χ2n) is 7.52. The van der Waals surface area contributed by atoms with Crippen molar-refractivity contribution in [2.45, 2.75) is 26.7 Å². The highest BCUT2D eigenvalue weighted by Gasteiger charge is 2.30. The number of hydrogen-bond donors (Lipinski definition) is 0. The number of aromatic nitrogens is 2. The molecule has 0 bridgehead atoms. The summed E-state index contributed by atoms with van der Waals surface area (Å²) in [4.78, 5) is 38.8. The Hall–Kier alpha value is -3.02. The Morgan fingerprint density at radius 1 is 1.00 bits per heavy atom. The van der Waals surface area contributed by atoms with Gasteiger partial charge in [-0.05, 0) is 57.0 Å². The second-order valence-corrected chi connectivity index (χ2v) is 7.52. The van der Waals surface area contributed by atoms with Crippen molar-refractivity contribution in [3.8, 4) is 0 Å². The molecule has 4 rings (SSSR count). The minimum Gasteiger partial charge on any atom is -0.343 e. The smallest absolute Gasteiger partial charge is 0.253 e. The number of fused-ring (bicyclic) bond motifs is 2. The van der Waals surface area contributed by atoms with E-state index in [-0.39, 0.29) is 17.7 Å². The van der Waals surface area contributed by atoms with Crippen LogP contribution in [0.2, 0.25) is 0 Å². The number of benzene rings is 2. The monoisotopic (exact) mass is 390 g/mol. The third kappa shape index (κ3) is 3.79. The van der Waals surface area contributed by atoms with Gasteiger partial charge in [-0.1, -0.05) is 12.1 Å². The van der Waals surface area contributed by atoms with Crippen LogP contribution < -0.4 is 0 Å². The molecule has 0 radical (unpaired) electrons. The van der Waals surface area contributed by atoms with Gasteiger partial charge in [0, 0.05) is 31.7 Å². The van der Waals surface area contributed by atoms with E-state index >= 15 is 0 Å². The van der Waals surface area contributed by atoms with Crippen LogP contribution in [0.1, 0.15) is 37.0 Å². The third-order valence-corrected chi connectivity index (χ3v) is 5.72. The van der Waals surface area contributed by atoms with Crippen molar-refractivity contribution >= 4 is 33.9 Å². The SMILES string of the molecule is CCN(CC)C(=O)C1CCCN(C(=O)c2ccc3nc4ccccc4nc3c2)C1. The van der Waals surface area contributed by atoms with Gasteiger partial charge >= 0.3 is 0 Å². The molecule has 6 heteroatoms. The summed E-state index contributed by atoms with van der Waals surface area (Å²) < 4.78 is 0. The molecular weight excluding hydrogens is 364 g/mol. The summed E-state index contributed by atoms with van der Waals surface area (Å²) in [6.07, 6.45) is 1.69. The highest BCUT2D eigenvalue weighted by Crippen LogP contribution is 2.23. The van der Waals surface area contributed by atoms with Crippen LogP contribution in [0, 0.1) is 5.92 Å². The van der Waals surface area contributed by atoms with Crippen LogP contribution in [-0.4, -0.2) is 57.8 Å². The predicted molar refractivity (Wildman–Crippen MR) is 114 cm³/mol. The molecule has 0 saturated carbocycles. The van der Waals surface area contributed by atoms with Crippen LogP contribution >= 0.6 is 0 Å². The number of carbonyl (C=O) groups excluding carboxylic acids is 2. The Morgan fingerprint density at radius 3 is 2.34 bits per heavy atom. The summed E-state index contributed by atoms with van der Waals surface area (Å²) in [5.41, 5.74) is 3.73. The summed E-state index contributed by atoms with van der Waals surface area (Å²) >= 11 is 0. The maximum atomic E-state index is 13.1. The van der Waals surface area contributed by atoms with E-state index in [1.54, 1.807) is 0 Å². The second kappa shape index (κ2) is 8.15. The minimum atomic E-state index is -0.114. The van der Waals surface area contributed by atoms with E-state index in [1.165, 1.54) is 0 Å². The van der Waals surface area contributed by atoms with Crippen molar-refractivity contribution in [3.05, 3.63) is 48.0 Å². The fourth-order valence-electron chi connectivity index (χ4n) is 4.09. The zero-order valence-corrected chi connectivity index (χ0v) is 17.0. The number of amides is 2. The Morgan fingerprint density at radius 2 is 1.66 bits per heavy atom. The minimum absolute atomic E-state index is 0.0427. The van der Waals surface area contributed by atoms with Crippen molar-refractivity contribution in [1.82, 2.24) is 19.8 Å². The van der Waals surface area contributed by atoms with E-state index in [2.05, 4.69) is 9.97 Å². The molecule has 0 N–H and O–H groups in total. The lowest BCUT2D eigenvalue weighted by atomic mass is 9.95. The van der Waals surface area contributed by atoms with Crippen LogP contribution in [0.5, 0.6) is 0 Å². The molecule has 150 valence electrons. The van der Waals surface area contributed by atoms with Gasteiger partial charge in [-0.15, -0.1) is 0 Å². The van der Waals surface area contributed by atoms with Gasteiger partial charge in [0.25, 0.3) is 5.91 Å². The number of nitrogens with zero attached hydrogens (tertiary/aromatic N) is 4. The normalized spacial score (nSPS) is 16.9. The molecule has 0 spiro atoms. The molecule has 6 nitrogen and oxygen atoms in total. The number of likely N-dealkylation sites (tertiary alicyclic amines) is 1. The molecule has 1 unspecified atom stereocenters. The van der Waals surface area contributed by atoms with Gasteiger partial charge in [-0.2, -0.15) is 0 Å². The number of rotatable bonds is 4. The van der Waals surface area contributed by atoms with Crippen molar-refractivity contribution in [3.63, 3.8) is 0 Å². The van der Waals surface area contributed by atoms with Gasteiger partial charge in [0.2, 0.25) is 5.91 Å². The van der Waals surface area contributed by atoms with Crippen LogP contribution in [0.15, 0.2) is 42.5 Å². The highest BCUT2D eigenvalue weighted by molar-refractivity contribution is 5.98. The average molecular weight is 390 g/mol. The molecule has 1 saturated heterocycles. The molecule has 1 aliphatic heterocycles. The Balaban J connectivity index is 1.57. The molecular formula is C23H26N4O2. The zero-order chi connectivity index (χ0) is 20.4. The Kier molecular flexibility index (Phi) is 5.43. The van der Waals surface area contributed by atoms with Gasteiger partial charge in [-0.3, -0.25) is 9.59 Å². The molecule has 29 heavy (non-hydrogen) atoms. The van der Waals surface area contributed by atoms with E-state index in [9.17, 15) is 9.59 Å². The summed E-state index contributed by atoms with van der Waals surface area (Å²) in [5, 5.41) is 0. The quantitative estimate of drug-likeness (QED) is 0.640. The maximum absolute atomic E-state index is 13.1. The van der Waals surface area contributed by atoms with Crippen molar-refractivity contribution in [2.24, 2.45) is 5.92 Å². The molecule has 1 atom stereocenters. The first-order chi connectivity index (χ1) is 14.1. The number of carbonyl (C=O) groups is 2. The molecule has 3 aromatic rings. The summed E-state index contributed by atoms with van der Waals surface area (Å²) in [5.74, 6) is -0.000884. The van der Waals surface area contributed by atoms with Crippen molar-refractivity contribution in [1.29, 1.82) is 0 Å². The number of hydrogen-bond acceptors (Lipinski definition) is 4. The molecule has 2 amide bonds. The van der Waals surface area contributed by atoms with Gasteiger partial charge in [0.05, 0.1) is 28.0 Å². The molecule has 2 heterocycles. The van der Waals surface area contributed by atoms with Crippen LogP contribution in [0.25, 0.3) is 22.1 Å². The zero-order valence-electron chi connectivity index (χ0n) is 17.0. The molecule has 1 aromatic heterocycles. The number of para-hydroxylation sites is 2. The highest BCUT2D eigenvalue weighted by atomic mass is 16.2. The van der Waals surface area contributed by atoms with Crippen LogP contribution in [0.3, 0.4) is 0 Å². The van der Waals surface area contributed by atoms with E-state index in [4.69, 9.17) is 0 Å². The van der Waals surface area contributed by atoms with Crippen molar-refractivity contribution < 1.29 is 9.59 Å². The maximum Gasteiger partial charge on any atom is 0.253 e. The van der Waals surface area contributed by atoms with E-state index in [0.29, 0.717) is 37.3 Å². The van der Waals surface area contributed by atoms with Gasteiger partial charge in [0.1, 0.15) is 0 Å². The first-order valence-corrected chi connectivity index (χ1v) is 10.3. The van der Waals surface area contributed by atoms with Gasteiger partial charge in [0.15, 0.2) is 0 Å². The number of piperidine rings is 1. The van der Waals surface area contributed by atoms with Crippen LogP contribution in [0.4, 0.5) is 0 Å². The lowest BCUT2D eigenvalue weighted by Crippen LogP contribution is -2.46. The lowest BCUT2D eigenvalue weighted by molar-refractivity contribution is -0.136. The van der Waals surface area contributed by atoms with Crippen LogP contribution in [-0.2, 0) is 4.79 Å². The van der Waals surface area contributed by atoms with Crippen molar-refractivity contribution in [2.75, 3.05) is 26.2 Å². The van der Waals surface area contributed by atoms with E-state index < -0.39 is 0 Å². The standard InChI is InChI=1S/C23H26N4O2/c1-3-26(4-2)23(29)17-8-7-13-27(15-17)22(28)16-11-12-20-21(14-16)25-19-10-6-5-9-18(19)24-20/h5-6,9-12,14,17H,3-4,7-8,13,15H2,1-2H3. The molecule has 0 aliphatic carbocycles. The predicted octanol–water partition coefficient (Wildman–Crippen LogP) is 3.50. The Labute approximate surface area is 170 Å². The van der Waals surface area contributed by atoms with E-state index in [0.717, 1.165) is 29.4 Å². The topological polar surface area (TPSA) is 66.4 Å². The fourth-order valence-corrected chi connectivity index (χ4v) is 4.09. The summed E-state index contributed by atoms with van der Waals surface area (Å²) in [7, 11) is 0.